The molecule has 104 valence electrons. The summed E-state index contributed by atoms with van der Waals surface area (Å²) in [4.78, 5) is 0. The number of nitrogens with two attached hydrogens (primary N) is 1. The van der Waals surface area contributed by atoms with Crippen molar-refractivity contribution in [3.63, 3.8) is 0 Å². The first kappa shape index (κ1) is 15.7. The Balaban J connectivity index is 2.61. The van der Waals surface area contributed by atoms with Gasteiger partial charge in [0, 0.05) is 26.1 Å². The highest BCUT2D eigenvalue weighted by atomic mass is 79.9. The van der Waals surface area contributed by atoms with Crippen LogP contribution < -0.4 is 5.73 Å². The smallest absolute Gasteiger partial charge is 0.0738 e. The summed E-state index contributed by atoms with van der Waals surface area (Å²) >= 11 is 3.60. The van der Waals surface area contributed by atoms with Gasteiger partial charge in [-0.2, -0.15) is 5.10 Å². The normalized spacial score (nSPS) is 14.8. The molecular formula is C13H24BrN3O. The maximum Gasteiger partial charge on any atom is 0.0738 e. The number of hydrogen-bond acceptors (Lipinski definition) is 3. The van der Waals surface area contributed by atoms with Crippen LogP contribution in [0.1, 0.15) is 38.1 Å². The largest absolute Gasteiger partial charge is 0.382 e. The van der Waals surface area contributed by atoms with Crippen molar-refractivity contribution in [2.24, 2.45) is 5.73 Å². The van der Waals surface area contributed by atoms with Crippen LogP contribution in [-0.2, 0) is 17.7 Å². The molecule has 1 heterocycles. The molecule has 0 aliphatic carbocycles. The van der Waals surface area contributed by atoms with Gasteiger partial charge in [0.2, 0.25) is 0 Å². The van der Waals surface area contributed by atoms with E-state index in [1.165, 1.54) is 5.69 Å². The molecule has 0 bridgehead atoms. The Labute approximate surface area is 118 Å². The zero-order valence-electron chi connectivity index (χ0n) is 11.7. The first-order chi connectivity index (χ1) is 8.49. The van der Waals surface area contributed by atoms with Gasteiger partial charge in [-0.3, -0.25) is 4.68 Å². The van der Waals surface area contributed by atoms with Crippen LogP contribution in [0.15, 0.2) is 4.47 Å². The maximum absolute atomic E-state index is 6.19. The van der Waals surface area contributed by atoms with E-state index in [0.29, 0.717) is 0 Å². The topological polar surface area (TPSA) is 53.1 Å². The summed E-state index contributed by atoms with van der Waals surface area (Å²) < 4.78 is 8.36. The summed E-state index contributed by atoms with van der Waals surface area (Å²) in [5.74, 6) is 0. The molecule has 0 spiro atoms. The van der Waals surface area contributed by atoms with Gasteiger partial charge in [0.1, 0.15) is 0 Å². The molecule has 0 aromatic carbocycles. The number of ether oxygens (including phenoxy) is 1. The minimum atomic E-state index is 0.153. The molecule has 0 saturated carbocycles. The summed E-state index contributed by atoms with van der Waals surface area (Å²) in [6.45, 7) is 7.06. The predicted octanol–water partition coefficient (Wildman–Crippen LogP) is 2.66. The zero-order valence-corrected chi connectivity index (χ0v) is 13.3. The summed E-state index contributed by atoms with van der Waals surface area (Å²) in [6, 6.07) is 0.153. The van der Waals surface area contributed by atoms with Crippen LogP contribution in [0.2, 0.25) is 0 Å². The Morgan fingerprint density at radius 2 is 2.11 bits per heavy atom. The maximum atomic E-state index is 6.19. The number of hydrogen-bond donors (Lipinski definition) is 1. The van der Waals surface area contributed by atoms with Gasteiger partial charge in [-0.25, -0.2) is 0 Å². The Hall–Kier alpha value is -0.390. The Morgan fingerprint density at radius 1 is 1.44 bits per heavy atom. The molecule has 2 atom stereocenters. The highest BCUT2D eigenvalue weighted by Gasteiger charge is 2.15. The molecule has 1 aromatic heterocycles. The van der Waals surface area contributed by atoms with E-state index in [1.807, 2.05) is 11.6 Å². The third-order valence-corrected chi connectivity index (χ3v) is 4.29. The van der Waals surface area contributed by atoms with E-state index in [9.17, 15) is 0 Å². The average Bonchev–Trinajstić information content (AvgIpc) is 2.63. The molecule has 0 aliphatic rings. The lowest BCUT2D eigenvalue weighted by Crippen LogP contribution is -2.26. The Kier molecular flexibility index (Phi) is 6.32. The van der Waals surface area contributed by atoms with Gasteiger partial charge in [0.15, 0.2) is 0 Å². The van der Waals surface area contributed by atoms with E-state index in [1.54, 1.807) is 7.11 Å². The molecular weight excluding hydrogens is 294 g/mol. The monoisotopic (exact) mass is 317 g/mol. The molecule has 0 radical (unpaired) electrons. The third kappa shape index (κ3) is 4.07. The van der Waals surface area contributed by atoms with Crippen LogP contribution in [0.4, 0.5) is 0 Å². The summed E-state index contributed by atoms with van der Waals surface area (Å²) in [5.41, 5.74) is 8.43. The lowest BCUT2D eigenvalue weighted by Gasteiger charge is -2.15. The van der Waals surface area contributed by atoms with Crippen molar-refractivity contribution in [3.8, 4) is 0 Å². The number of nitrogens with zero attached hydrogens (tertiary/aromatic N) is 2. The van der Waals surface area contributed by atoms with Crippen molar-refractivity contribution >= 4 is 15.9 Å². The molecule has 1 aromatic rings. The molecule has 0 aliphatic heterocycles. The fourth-order valence-electron chi connectivity index (χ4n) is 1.98. The van der Waals surface area contributed by atoms with Crippen molar-refractivity contribution < 1.29 is 4.74 Å². The first-order valence-electron chi connectivity index (χ1n) is 6.49. The fraction of sp³-hybridized carbons (Fsp3) is 0.769. The minimum absolute atomic E-state index is 0.153. The standard InChI is InChI=1S/C13H24BrN3O/c1-5-17-12(13(14)10(3)16-17)8-11(15)7-6-9(2)18-4/h9,11H,5-8,15H2,1-4H3. The van der Waals surface area contributed by atoms with Crippen molar-refractivity contribution in [1.29, 1.82) is 0 Å². The number of halogens is 1. The van der Waals surface area contributed by atoms with Crippen LogP contribution in [-0.4, -0.2) is 29.0 Å². The third-order valence-electron chi connectivity index (χ3n) is 3.25. The number of aromatic nitrogens is 2. The van der Waals surface area contributed by atoms with Crippen LogP contribution in [0.5, 0.6) is 0 Å². The van der Waals surface area contributed by atoms with Gasteiger partial charge in [-0.1, -0.05) is 0 Å². The van der Waals surface area contributed by atoms with E-state index < -0.39 is 0 Å². The first-order valence-corrected chi connectivity index (χ1v) is 7.29. The van der Waals surface area contributed by atoms with Gasteiger partial charge in [0.25, 0.3) is 0 Å². The minimum Gasteiger partial charge on any atom is -0.382 e. The van der Waals surface area contributed by atoms with Gasteiger partial charge in [-0.15, -0.1) is 0 Å². The molecule has 0 fully saturated rings. The number of rotatable bonds is 7. The van der Waals surface area contributed by atoms with E-state index >= 15 is 0 Å². The molecule has 0 amide bonds. The van der Waals surface area contributed by atoms with Crippen LogP contribution >= 0.6 is 15.9 Å². The summed E-state index contributed by atoms with van der Waals surface area (Å²) in [6.07, 6.45) is 3.09. The second kappa shape index (κ2) is 7.26. The van der Waals surface area contributed by atoms with Crippen molar-refractivity contribution in [2.75, 3.05) is 7.11 Å². The highest BCUT2D eigenvalue weighted by Crippen LogP contribution is 2.22. The van der Waals surface area contributed by atoms with Crippen molar-refractivity contribution in [1.82, 2.24) is 9.78 Å². The fourth-order valence-corrected chi connectivity index (χ4v) is 2.43. The molecule has 18 heavy (non-hydrogen) atoms. The molecule has 4 nitrogen and oxygen atoms in total. The second-order valence-electron chi connectivity index (χ2n) is 4.75. The van der Waals surface area contributed by atoms with E-state index in [-0.39, 0.29) is 12.1 Å². The molecule has 0 saturated heterocycles. The predicted molar refractivity (Wildman–Crippen MR) is 77.7 cm³/mol. The van der Waals surface area contributed by atoms with E-state index in [4.69, 9.17) is 10.5 Å². The quantitative estimate of drug-likeness (QED) is 0.841. The van der Waals surface area contributed by atoms with E-state index in [0.717, 1.165) is 36.0 Å². The van der Waals surface area contributed by atoms with Crippen molar-refractivity contribution in [2.45, 2.75) is 58.7 Å². The zero-order chi connectivity index (χ0) is 13.7. The van der Waals surface area contributed by atoms with E-state index in [2.05, 4.69) is 34.9 Å². The van der Waals surface area contributed by atoms with Crippen LogP contribution in [0.25, 0.3) is 0 Å². The molecule has 1 rings (SSSR count). The lowest BCUT2D eigenvalue weighted by molar-refractivity contribution is 0.107. The SMILES string of the molecule is CCn1nc(C)c(Br)c1CC(N)CCC(C)OC. The Morgan fingerprint density at radius 3 is 2.67 bits per heavy atom. The Bertz CT molecular complexity index is 379. The van der Waals surface area contributed by atoms with Gasteiger partial charge in [-0.05, 0) is 49.5 Å². The van der Waals surface area contributed by atoms with Gasteiger partial charge >= 0.3 is 0 Å². The highest BCUT2D eigenvalue weighted by molar-refractivity contribution is 9.10. The second-order valence-corrected chi connectivity index (χ2v) is 5.54. The lowest BCUT2D eigenvalue weighted by atomic mass is 10.0. The number of aryl methyl sites for hydroxylation is 2. The van der Waals surface area contributed by atoms with Crippen LogP contribution in [0.3, 0.4) is 0 Å². The molecule has 5 heteroatoms. The van der Waals surface area contributed by atoms with Gasteiger partial charge in [0.05, 0.1) is 22.0 Å². The van der Waals surface area contributed by atoms with Crippen molar-refractivity contribution in [3.05, 3.63) is 15.9 Å². The average molecular weight is 318 g/mol. The molecule has 2 N–H and O–H groups in total. The van der Waals surface area contributed by atoms with Gasteiger partial charge < -0.3 is 10.5 Å². The summed E-state index contributed by atoms with van der Waals surface area (Å²) in [7, 11) is 1.74. The molecule has 2 unspecified atom stereocenters. The van der Waals surface area contributed by atoms with Crippen LogP contribution in [0, 0.1) is 6.92 Å². The number of methoxy groups -OCH3 is 1. The summed E-state index contributed by atoms with van der Waals surface area (Å²) in [5, 5.41) is 4.48.